The molecule has 0 atom stereocenters. The van der Waals surface area contributed by atoms with Gasteiger partial charge >= 0.3 is 0 Å². The molecule has 0 spiro atoms. The first kappa shape index (κ1) is 10.2. The number of carbonyl (C=O) groups excluding carboxylic acids is 1. The van der Waals surface area contributed by atoms with E-state index in [1.807, 2.05) is 23.1 Å². The fourth-order valence-corrected chi connectivity index (χ4v) is 1.85. The summed E-state index contributed by atoms with van der Waals surface area (Å²) in [7, 11) is 0. The lowest BCUT2D eigenvalue weighted by molar-refractivity contribution is -0.125. The first-order valence-electron chi connectivity index (χ1n) is 5.29. The van der Waals surface area contributed by atoms with Crippen LogP contribution in [-0.2, 0) is 16.0 Å². The third-order valence-electron chi connectivity index (χ3n) is 2.65. The molecule has 0 unspecified atom stereocenters. The molecule has 1 aromatic rings. The largest absolute Gasteiger partial charge is 0.370 e. The van der Waals surface area contributed by atoms with E-state index in [0.717, 1.165) is 12.1 Å². The third kappa shape index (κ3) is 2.02. The Morgan fingerprint density at radius 3 is 2.93 bits per heavy atom. The maximum atomic E-state index is 11.7. The molecule has 1 aromatic carbocycles. The van der Waals surface area contributed by atoms with Crippen molar-refractivity contribution in [2.24, 2.45) is 0 Å². The molecular weight excluding hydrogens is 190 g/mol. The maximum Gasteiger partial charge on any atom is 0.253 e. The molecule has 0 radical (unpaired) electrons. The second-order valence-corrected chi connectivity index (χ2v) is 3.58. The molecule has 0 N–H and O–H groups in total. The summed E-state index contributed by atoms with van der Waals surface area (Å²) in [6.07, 6.45) is 0.945. The number of aryl methyl sites for hydroxylation is 1. The lowest BCUT2D eigenvalue weighted by atomic mass is 10.1. The second kappa shape index (κ2) is 4.45. The predicted molar refractivity (Wildman–Crippen MR) is 59.0 cm³/mol. The number of hydrogen-bond acceptors (Lipinski definition) is 2. The average molecular weight is 205 g/mol. The maximum absolute atomic E-state index is 11.7. The van der Waals surface area contributed by atoms with Gasteiger partial charge in [0.15, 0.2) is 0 Å². The number of carbonyl (C=O) groups is 1. The molecule has 0 aromatic heterocycles. The summed E-state index contributed by atoms with van der Waals surface area (Å²) in [4.78, 5) is 13.5. The van der Waals surface area contributed by atoms with Gasteiger partial charge in [0.1, 0.15) is 6.61 Å². The molecule has 1 saturated heterocycles. The Labute approximate surface area is 89.7 Å². The minimum Gasteiger partial charge on any atom is -0.370 e. The molecule has 15 heavy (non-hydrogen) atoms. The first-order valence-corrected chi connectivity index (χ1v) is 5.29. The van der Waals surface area contributed by atoms with E-state index in [1.165, 1.54) is 5.56 Å². The Balaban J connectivity index is 2.30. The van der Waals surface area contributed by atoms with Crippen molar-refractivity contribution >= 4 is 11.6 Å². The highest BCUT2D eigenvalue weighted by atomic mass is 16.5. The predicted octanol–water partition coefficient (Wildman–Crippen LogP) is 1.61. The van der Waals surface area contributed by atoms with E-state index in [2.05, 4.69) is 13.0 Å². The molecule has 0 saturated carbocycles. The van der Waals surface area contributed by atoms with Crippen molar-refractivity contribution in [3.8, 4) is 0 Å². The van der Waals surface area contributed by atoms with Crippen LogP contribution in [0.5, 0.6) is 0 Å². The van der Waals surface area contributed by atoms with Crippen LogP contribution in [0.15, 0.2) is 24.3 Å². The van der Waals surface area contributed by atoms with Crippen LogP contribution in [-0.4, -0.2) is 25.7 Å². The van der Waals surface area contributed by atoms with Gasteiger partial charge in [-0.2, -0.15) is 0 Å². The van der Waals surface area contributed by atoms with Gasteiger partial charge < -0.3 is 9.64 Å². The van der Waals surface area contributed by atoms with Crippen LogP contribution in [0.1, 0.15) is 12.5 Å². The van der Waals surface area contributed by atoms with Crippen molar-refractivity contribution in [3.05, 3.63) is 29.8 Å². The number of benzene rings is 1. The zero-order valence-corrected chi connectivity index (χ0v) is 8.90. The summed E-state index contributed by atoms with van der Waals surface area (Å²) in [5, 5.41) is 0. The smallest absolute Gasteiger partial charge is 0.253 e. The summed E-state index contributed by atoms with van der Waals surface area (Å²) in [5.41, 5.74) is 2.25. The summed E-state index contributed by atoms with van der Waals surface area (Å²) in [5.74, 6) is 0.0575. The Morgan fingerprint density at radius 2 is 2.20 bits per heavy atom. The van der Waals surface area contributed by atoms with E-state index in [9.17, 15) is 4.79 Å². The van der Waals surface area contributed by atoms with Gasteiger partial charge in [0, 0.05) is 12.2 Å². The lowest BCUT2D eigenvalue weighted by Gasteiger charge is -2.28. The molecule has 80 valence electrons. The van der Waals surface area contributed by atoms with Crippen molar-refractivity contribution in [2.45, 2.75) is 13.3 Å². The fraction of sp³-hybridized carbons (Fsp3) is 0.417. The molecule has 1 fully saturated rings. The summed E-state index contributed by atoms with van der Waals surface area (Å²) in [6, 6.07) is 8.05. The van der Waals surface area contributed by atoms with E-state index in [1.54, 1.807) is 0 Å². The van der Waals surface area contributed by atoms with Gasteiger partial charge in [-0.05, 0) is 18.1 Å². The Hall–Kier alpha value is -1.35. The van der Waals surface area contributed by atoms with E-state index in [0.29, 0.717) is 13.2 Å². The second-order valence-electron chi connectivity index (χ2n) is 3.58. The Kier molecular flexibility index (Phi) is 3.02. The van der Waals surface area contributed by atoms with E-state index < -0.39 is 0 Å². The molecule has 3 nitrogen and oxygen atoms in total. The van der Waals surface area contributed by atoms with Crippen LogP contribution in [0.3, 0.4) is 0 Å². The highest BCUT2D eigenvalue weighted by Crippen LogP contribution is 2.22. The molecule has 1 amide bonds. The minimum atomic E-state index is 0.0575. The van der Waals surface area contributed by atoms with Gasteiger partial charge in [-0.25, -0.2) is 0 Å². The number of rotatable bonds is 2. The number of morpholine rings is 1. The number of amides is 1. The molecule has 0 aliphatic carbocycles. The first-order chi connectivity index (χ1) is 7.33. The fourth-order valence-electron chi connectivity index (χ4n) is 1.85. The van der Waals surface area contributed by atoms with Crippen LogP contribution in [0.25, 0.3) is 0 Å². The Morgan fingerprint density at radius 1 is 1.40 bits per heavy atom. The number of nitrogens with zero attached hydrogens (tertiary/aromatic N) is 1. The van der Waals surface area contributed by atoms with E-state index in [4.69, 9.17) is 4.74 Å². The van der Waals surface area contributed by atoms with Crippen LogP contribution in [0.4, 0.5) is 5.69 Å². The lowest BCUT2D eigenvalue weighted by Crippen LogP contribution is -2.42. The van der Waals surface area contributed by atoms with Crippen molar-refractivity contribution in [3.63, 3.8) is 0 Å². The van der Waals surface area contributed by atoms with Crippen molar-refractivity contribution in [2.75, 3.05) is 24.7 Å². The van der Waals surface area contributed by atoms with Gasteiger partial charge in [-0.3, -0.25) is 4.79 Å². The molecule has 1 aliphatic heterocycles. The van der Waals surface area contributed by atoms with E-state index >= 15 is 0 Å². The molecule has 1 aliphatic rings. The van der Waals surface area contributed by atoms with Crippen LogP contribution >= 0.6 is 0 Å². The molecule has 0 bridgehead atoms. The Bertz CT molecular complexity index is 362. The van der Waals surface area contributed by atoms with Crippen LogP contribution in [0, 0.1) is 0 Å². The number of para-hydroxylation sites is 1. The normalized spacial score (nSPS) is 16.9. The summed E-state index contributed by atoms with van der Waals surface area (Å²) in [6.45, 7) is 3.60. The summed E-state index contributed by atoms with van der Waals surface area (Å²) >= 11 is 0. The highest BCUT2D eigenvalue weighted by Gasteiger charge is 2.21. The van der Waals surface area contributed by atoms with Crippen LogP contribution in [0.2, 0.25) is 0 Å². The highest BCUT2D eigenvalue weighted by molar-refractivity contribution is 5.95. The van der Waals surface area contributed by atoms with Crippen molar-refractivity contribution in [1.29, 1.82) is 0 Å². The average Bonchev–Trinajstić information content (AvgIpc) is 2.30. The molecule has 3 heteroatoms. The van der Waals surface area contributed by atoms with Gasteiger partial charge in [0.2, 0.25) is 0 Å². The number of anilines is 1. The van der Waals surface area contributed by atoms with Crippen molar-refractivity contribution in [1.82, 2.24) is 0 Å². The standard InChI is InChI=1S/C12H15NO2/c1-2-10-5-3-4-6-11(10)13-7-8-15-9-12(13)14/h3-6H,2,7-9H2,1H3. The zero-order valence-electron chi connectivity index (χ0n) is 8.90. The zero-order chi connectivity index (χ0) is 10.7. The minimum absolute atomic E-state index is 0.0575. The molecule has 1 heterocycles. The van der Waals surface area contributed by atoms with Crippen LogP contribution < -0.4 is 4.90 Å². The SMILES string of the molecule is CCc1ccccc1N1CCOCC1=O. The van der Waals surface area contributed by atoms with Gasteiger partial charge in [-0.15, -0.1) is 0 Å². The van der Waals surface area contributed by atoms with E-state index in [-0.39, 0.29) is 12.5 Å². The molecule has 2 rings (SSSR count). The molecular formula is C12H15NO2. The van der Waals surface area contributed by atoms with Crippen molar-refractivity contribution < 1.29 is 9.53 Å². The van der Waals surface area contributed by atoms with Gasteiger partial charge in [-0.1, -0.05) is 25.1 Å². The van der Waals surface area contributed by atoms with Gasteiger partial charge in [0.25, 0.3) is 5.91 Å². The topological polar surface area (TPSA) is 29.5 Å². The quantitative estimate of drug-likeness (QED) is 0.734. The number of hydrogen-bond donors (Lipinski definition) is 0. The number of ether oxygens (including phenoxy) is 1. The summed E-state index contributed by atoms with van der Waals surface area (Å²) < 4.78 is 5.12. The third-order valence-corrected chi connectivity index (χ3v) is 2.65. The van der Waals surface area contributed by atoms with Gasteiger partial charge in [0.05, 0.1) is 6.61 Å². The monoisotopic (exact) mass is 205 g/mol.